The number of hydrogen-bond acceptors (Lipinski definition) is 5. The maximum absolute atomic E-state index is 12.6. The van der Waals surface area contributed by atoms with Gasteiger partial charge in [-0.25, -0.2) is 9.78 Å². The third kappa shape index (κ3) is 8.37. The third-order valence-electron chi connectivity index (χ3n) is 3.96. The molecule has 12 heteroatoms. The Balaban J connectivity index is 0.00000392. The molecule has 1 fully saturated rings. The number of nitrogens with one attached hydrogen (secondary N) is 3. The van der Waals surface area contributed by atoms with Gasteiger partial charge < -0.3 is 20.7 Å². The fourth-order valence-electron chi connectivity index (χ4n) is 2.43. The van der Waals surface area contributed by atoms with Gasteiger partial charge >= 0.3 is 12.3 Å². The van der Waals surface area contributed by atoms with Gasteiger partial charge in [-0.05, 0) is 25.7 Å². The normalized spacial score (nSPS) is 15.4. The number of nitrogens with zero attached hydrogens (tertiary/aromatic N) is 2. The van der Waals surface area contributed by atoms with E-state index in [1.54, 1.807) is 14.0 Å². The number of carbonyl (C=O) groups excluding carboxylic acids is 1. The van der Waals surface area contributed by atoms with Crippen LogP contribution in [-0.4, -0.2) is 49.8 Å². The van der Waals surface area contributed by atoms with Crippen molar-refractivity contribution < 1.29 is 22.7 Å². The maximum atomic E-state index is 12.6. The van der Waals surface area contributed by atoms with Crippen LogP contribution in [0.3, 0.4) is 0 Å². The number of halogens is 4. The number of guanidine groups is 1. The maximum Gasteiger partial charge on any atom is 0.434 e. The van der Waals surface area contributed by atoms with Crippen molar-refractivity contribution >= 4 is 47.4 Å². The number of rotatable bonds is 8. The van der Waals surface area contributed by atoms with E-state index < -0.39 is 18.0 Å². The summed E-state index contributed by atoms with van der Waals surface area (Å²) in [6.45, 7) is 2.94. The summed E-state index contributed by atoms with van der Waals surface area (Å²) in [5.41, 5.74) is -0.859. The van der Waals surface area contributed by atoms with Crippen molar-refractivity contribution in [3.8, 4) is 0 Å². The highest BCUT2D eigenvalue weighted by Crippen LogP contribution is 2.32. The molecule has 1 aliphatic rings. The first-order chi connectivity index (χ1) is 12.8. The molecule has 1 saturated carbocycles. The van der Waals surface area contributed by atoms with Gasteiger partial charge in [0.2, 0.25) is 0 Å². The second-order valence-electron chi connectivity index (χ2n) is 6.06. The molecule has 1 aromatic rings. The van der Waals surface area contributed by atoms with Gasteiger partial charge in [0.15, 0.2) is 11.7 Å². The Bertz CT molecular complexity index is 652. The molecule has 0 saturated heterocycles. The zero-order valence-corrected chi connectivity index (χ0v) is 18.8. The Hall–Kier alpha value is -1.31. The molecule has 0 radical (unpaired) electrons. The largest absolute Gasteiger partial charge is 0.450 e. The zero-order valence-electron chi connectivity index (χ0n) is 15.6. The van der Waals surface area contributed by atoms with Gasteiger partial charge in [-0.1, -0.05) is 0 Å². The summed E-state index contributed by atoms with van der Waals surface area (Å²) in [6.07, 6.45) is -2.39. The Kier molecular flexibility index (Phi) is 10.3. The van der Waals surface area contributed by atoms with Gasteiger partial charge in [-0.3, -0.25) is 4.99 Å². The number of aromatic nitrogens is 1. The van der Waals surface area contributed by atoms with Gasteiger partial charge in [0, 0.05) is 31.9 Å². The summed E-state index contributed by atoms with van der Waals surface area (Å²) in [7, 11) is 1.60. The predicted molar refractivity (Wildman–Crippen MR) is 112 cm³/mol. The topological polar surface area (TPSA) is 87.6 Å². The second-order valence-corrected chi connectivity index (χ2v) is 7.01. The monoisotopic (exact) mass is 535 g/mol. The summed E-state index contributed by atoms with van der Waals surface area (Å²) in [5, 5.41) is 10.4. The number of carbonyl (C=O) groups is 1. The minimum absolute atomic E-state index is 0. The summed E-state index contributed by atoms with van der Waals surface area (Å²) in [5.74, 6) is 0.926. The van der Waals surface area contributed by atoms with E-state index >= 15 is 0 Å². The number of alkyl carbamates (subject to hydrolysis) is 1. The molecule has 0 aromatic carbocycles. The lowest BCUT2D eigenvalue weighted by Crippen LogP contribution is -2.48. The van der Waals surface area contributed by atoms with E-state index in [1.165, 1.54) is 0 Å². The molecule has 1 heterocycles. The SMILES string of the molecule is CCOC(=O)NC(CNC(=NC)NCCc1nc(C(F)(F)F)cs1)C1CC1.I. The number of aliphatic imine (C=N–C) groups is 1. The molecule has 28 heavy (non-hydrogen) atoms. The number of alkyl halides is 3. The minimum atomic E-state index is -4.41. The molecule has 1 atom stereocenters. The van der Waals surface area contributed by atoms with Crippen molar-refractivity contribution in [2.24, 2.45) is 10.9 Å². The Morgan fingerprint density at radius 1 is 1.43 bits per heavy atom. The molecule has 7 nitrogen and oxygen atoms in total. The van der Waals surface area contributed by atoms with Crippen LogP contribution in [0.25, 0.3) is 0 Å². The number of thiazole rings is 1. The van der Waals surface area contributed by atoms with Crippen molar-refractivity contribution in [2.45, 2.75) is 38.4 Å². The molecule has 1 amide bonds. The molecule has 1 unspecified atom stereocenters. The first kappa shape index (κ1) is 24.7. The summed E-state index contributed by atoms with van der Waals surface area (Å²) < 4.78 is 42.6. The molecule has 160 valence electrons. The Labute approximate surface area is 182 Å². The van der Waals surface area contributed by atoms with Crippen LogP contribution in [0, 0.1) is 5.92 Å². The van der Waals surface area contributed by atoms with Gasteiger partial charge in [0.25, 0.3) is 0 Å². The van der Waals surface area contributed by atoms with Gasteiger partial charge in [0.1, 0.15) is 0 Å². The smallest absolute Gasteiger partial charge is 0.434 e. The lowest BCUT2D eigenvalue weighted by molar-refractivity contribution is -0.140. The highest BCUT2D eigenvalue weighted by molar-refractivity contribution is 14.0. The van der Waals surface area contributed by atoms with Crippen LogP contribution in [0.4, 0.5) is 18.0 Å². The van der Waals surface area contributed by atoms with Crippen LogP contribution in [-0.2, 0) is 17.3 Å². The Morgan fingerprint density at radius 2 is 2.14 bits per heavy atom. The van der Waals surface area contributed by atoms with Crippen LogP contribution in [0.2, 0.25) is 0 Å². The summed E-state index contributed by atoms with van der Waals surface area (Å²) in [4.78, 5) is 19.3. The molecule has 1 aromatic heterocycles. The quantitative estimate of drug-likeness (QED) is 0.271. The average Bonchev–Trinajstić information content (AvgIpc) is 3.33. The second kappa shape index (κ2) is 11.6. The molecule has 1 aliphatic carbocycles. The van der Waals surface area contributed by atoms with Crippen LogP contribution < -0.4 is 16.0 Å². The Morgan fingerprint density at radius 3 is 2.68 bits per heavy atom. The van der Waals surface area contributed by atoms with E-state index in [9.17, 15) is 18.0 Å². The van der Waals surface area contributed by atoms with E-state index in [0.29, 0.717) is 43.0 Å². The fraction of sp³-hybridized carbons (Fsp3) is 0.688. The molecular weight excluding hydrogens is 510 g/mol. The first-order valence-electron chi connectivity index (χ1n) is 8.72. The third-order valence-corrected chi connectivity index (χ3v) is 4.86. The van der Waals surface area contributed by atoms with E-state index in [1.807, 2.05) is 0 Å². The van der Waals surface area contributed by atoms with Crippen molar-refractivity contribution in [1.82, 2.24) is 20.9 Å². The molecule has 0 spiro atoms. The summed E-state index contributed by atoms with van der Waals surface area (Å²) >= 11 is 0.985. The molecule has 2 rings (SSSR count). The standard InChI is InChI=1S/C16H24F3N5O2S.HI/c1-3-26-15(25)23-11(10-4-5-10)8-22-14(20-2)21-7-6-13-24-12(9-27-13)16(17,18)19;/h9-11H,3-8H2,1-2H3,(H,23,25)(H2,20,21,22);1H. The molecular formula is C16H25F3IN5O2S. The van der Waals surface area contributed by atoms with Gasteiger partial charge in [-0.2, -0.15) is 13.2 Å². The number of ether oxygens (including phenoxy) is 1. The molecule has 3 N–H and O–H groups in total. The van der Waals surface area contributed by atoms with Crippen LogP contribution >= 0.6 is 35.3 Å². The van der Waals surface area contributed by atoms with E-state index in [4.69, 9.17) is 4.74 Å². The predicted octanol–water partition coefficient (Wildman–Crippen LogP) is 3.01. The van der Waals surface area contributed by atoms with Crippen LogP contribution in [0.15, 0.2) is 10.4 Å². The lowest BCUT2D eigenvalue weighted by atomic mass is 10.2. The van der Waals surface area contributed by atoms with Gasteiger partial charge in [0.05, 0.1) is 17.7 Å². The fourth-order valence-corrected chi connectivity index (χ4v) is 3.23. The van der Waals surface area contributed by atoms with Crippen molar-refractivity contribution in [1.29, 1.82) is 0 Å². The number of hydrogen-bond donors (Lipinski definition) is 3. The van der Waals surface area contributed by atoms with E-state index in [-0.39, 0.29) is 30.0 Å². The van der Waals surface area contributed by atoms with E-state index in [0.717, 1.165) is 29.6 Å². The van der Waals surface area contributed by atoms with E-state index in [2.05, 4.69) is 25.9 Å². The highest BCUT2D eigenvalue weighted by atomic mass is 127. The summed E-state index contributed by atoms with van der Waals surface area (Å²) in [6, 6.07) is -0.0593. The van der Waals surface area contributed by atoms with Crippen LogP contribution in [0.1, 0.15) is 30.5 Å². The minimum Gasteiger partial charge on any atom is -0.450 e. The lowest BCUT2D eigenvalue weighted by Gasteiger charge is -2.20. The average molecular weight is 535 g/mol. The molecule has 0 bridgehead atoms. The first-order valence-corrected chi connectivity index (χ1v) is 9.60. The van der Waals surface area contributed by atoms with Crippen LogP contribution in [0.5, 0.6) is 0 Å². The van der Waals surface area contributed by atoms with Crippen molar-refractivity contribution in [3.05, 3.63) is 16.1 Å². The van der Waals surface area contributed by atoms with Crippen molar-refractivity contribution in [2.75, 3.05) is 26.7 Å². The molecule has 0 aliphatic heterocycles. The van der Waals surface area contributed by atoms with Gasteiger partial charge in [-0.15, -0.1) is 35.3 Å². The number of amides is 1. The van der Waals surface area contributed by atoms with Crippen molar-refractivity contribution in [3.63, 3.8) is 0 Å². The zero-order chi connectivity index (χ0) is 19.9. The highest BCUT2D eigenvalue weighted by Gasteiger charge is 2.34.